The highest BCUT2D eigenvalue weighted by atomic mass is 28.4. The van der Waals surface area contributed by atoms with Crippen LogP contribution in [-0.2, 0) is 9.32 Å². The first-order valence-electron chi connectivity index (χ1n) is 4.81. The summed E-state index contributed by atoms with van der Waals surface area (Å²) in [6.07, 6.45) is 0. The van der Waals surface area contributed by atoms with E-state index in [0.29, 0.717) is 5.71 Å². The van der Waals surface area contributed by atoms with Gasteiger partial charge in [-0.2, -0.15) is 0 Å². The number of nitrogens with zero attached hydrogens (tertiary/aromatic N) is 1. The van der Waals surface area contributed by atoms with Crippen molar-refractivity contribution in [3.8, 4) is 0 Å². The van der Waals surface area contributed by atoms with E-state index in [2.05, 4.69) is 39.0 Å². The molecule has 0 atom stereocenters. The van der Waals surface area contributed by atoms with Gasteiger partial charge in [-0.25, -0.2) is 0 Å². The minimum absolute atomic E-state index is 0.0382. The van der Waals surface area contributed by atoms with Crippen LogP contribution in [0.4, 0.5) is 0 Å². The Labute approximate surface area is 87.7 Å². The van der Waals surface area contributed by atoms with Crippen LogP contribution in [0.25, 0.3) is 0 Å². The molecule has 82 valence electrons. The maximum atomic E-state index is 10.9. The predicted molar refractivity (Wildman–Crippen MR) is 62.1 cm³/mol. The van der Waals surface area contributed by atoms with Gasteiger partial charge in [-0.1, -0.05) is 20.8 Å². The molecule has 0 N–H and O–H groups in total. The van der Waals surface area contributed by atoms with Gasteiger partial charge in [-0.05, 0) is 25.1 Å². The molecule has 3 nitrogen and oxygen atoms in total. The third-order valence-corrected chi connectivity index (χ3v) is 6.89. The summed E-state index contributed by atoms with van der Waals surface area (Å²) in [7, 11) is -1.85. The van der Waals surface area contributed by atoms with Crippen molar-refractivity contribution in [1.82, 2.24) is 0 Å². The molecule has 0 heterocycles. The van der Waals surface area contributed by atoms with Crippen LogP contribution < -0.4 is 0 Å². The van der Waals surface area contributed by atoms with Gasteiger partial charge in [0, 0.05) is 6.92 Å². The van der Waals surface area contributed by atoms with Gasteiger partial charge in [0.15, 0.2) is 5.78 Å². The molecule has 0 bridgehead atoms. The molecular formula is C10H21NO2Si. The van der Waals surface area contributed by atoms with Gasteiger partial charge in [-0.3, -0.25) is 4.79 Å². The first-order chi connectivity index (χ1) is 6.08. The molecule has 0 saturated carbocycles. The molecule has 0 aromatic carbocycles. The Morgan fingerprint density at radius 3 is 1.93 bits per heavy atom. The summed E-state index contributed by atoms with van der Waals surface area (Å²) in [4.78, 5) is 10.9. The molecular weight excluding hydrogens is 194 g/mol. The molecule has 0 rings (SSSR count). The van der Waals surface area contributed by atoms with Crippen LogP contribution in [0.2, 0.25) is 18.1 Å². The van der Waals surface area contributed by atoms with Crippen LogP contribution in [0.5, 0.6) is 0 Å². The van der Waals surface area contributed by atoms with Gasteiger partial charge in [-0.15, -0.1) is 5.16 Å². The molecule has 0 aromatic heterocycles. The second-order valence-electron chi connectivity index (χ2n) is 5.08. The Hall–Kier alpha value is -0.643. The summed E-state index contributed by atoms with van der Waals surface area (Å²) in [6, 6.07) is 0. The number of rotatable bonds is 3. The predicted octanol–water partition coefficient (Wildman–Crippen LogP) is 2.97. The molecule has 0 fully saturated rings. The number of ketones is 1. The van der Waals surface area contributed by atoms with E-state index in [1.54, 1.807) is 6.92 Å². The Balaban J connectivity index is 4.55. The van der Waals surface area contributed by atoms with Crippen molar-refractivity contribution in [2.24, 2.45) is 5.16 Å². The smallest absolute Gasteiger partial charge is 0.286 e. The first kappa shape index (κ1) is 13.4. The molecule has 4 heteroatoms. The van der Waals surface area contributed by atoms with E-state index in [4.69, 9.17) is 4.53 Å². The van der Waals surface area contributed by atoms with Crippen molar-refractivity contribution in [3.63, 3.8) is 0 Å². The lowest BCUT2D eigenvalue weighted by molar-refractivity contribution is -0.111. The number of oxime groups is 1. The van der Waals surface area contributed by atoms with Crippen LogP contribution in [0.3, 0.4) is 0 Å². The van der Waals surface area contributed by atoms with Gasteiger partial charge in [0.2, 0.25) is 0 Å². The lowest BCUT2D eigenvalue weighted by Gasteiger charge is -2.33. The van der Waals surface area contributed by atoms with Gasteiger partial charge in [0.05, 0.1) is 0 Å². The Morgan fingerprint density at radius 2 is 1.64 bits per heavy atom. The summed E-state index contributed by atoms with van der Waals surface area (Å²) in [5.41, 5.74) is 0.440. The number of carbonyl (C=O) groups excluding carboxylic acids is 1. The number of hydrogen-bond donors (Lipinski definition) is 0. The van der Waals surface area contributed by atoms with Crippen molar-refractivity contribution in [3.05, 3.63) is 0 Å². The summed E-state index contributed by atoms with van der Waals surface area (Å²) < 4.78 is 5.52. The van der Waals surface area contributed by atoms with E-state index in [9.17, 15) is 4.79 Å². The van der Waals surface area contributed by atoms with Crippen molar-refractivity contribution < 1.29 is 9.32 Å². The van der Waals surface area contributed by atoms with E-state index >= 15 is 0 Å². The monoisotopic (exact) mass is 215 g/mol. The Morgan fingerprint density at radius 1 is 1.21 bits per heavy atom. The average molecular weight is 215 g/mol. The van der Waals surface area contributed by atoms with Crippen molar-refractivity contribution in [1.29, 1.82) is 0 Å². The SMILES string of the molecule is CC(=O)/C(C)=N\O[Si](C)(C)C(C)(C)C. The molecule has 0 unspecified atom stereocenters. The van der Waals surface area contributed by atoms with Gasteiger partial charge in [0.25, 0.3) is 8.32 Å². The Bertz CT molecular complexity index is 251. The van der Waals surface area contributed by atoms with Crippen LogP contribution >= 0.6 is 0 Å². The second-order valence-corrected chi connectivity index (χ2v) is 9.79. The summed E-state index contributed by atoms with van der Waals surface area (Å²) in [5, 5.41) is 4.01. The Kier molecular flexibility index (Phi) is 4.06. The van der Waals surface area contributed by atoms with Gasteiger partial charge in [0.1, 0.15) is 5.71 Å². The van der Waals surface area contributed by atoms with Gasteiger partial charge >= 0.3 is 0 Å². The quantitative estimate of drug-likeness (QED) is 0.412. The topological polar surface area (TPSA) is 38.7 Å². The van der Waals surface area contributed by atoms with Crippen LogP contribution in [-0.4, -0.2) is 19.8 Å². The zero-order chi connectivity index (χ0) is 11.6. The zero-order valence-corrected chi connectivity index (χ0v) is 11.3. The molecule has 0 aliphatic heterocycles. The molecule has 0 saturated heterocycles. The molecule has 14 heavy (non-hydrogen) atoms. The van der Waals surface area contributed by atoms with E-state index in [1.807, 2.05) is 0 Å². The highest BCUT2D eigenvalue weighted by Gasteiger charge is 2.39. The lowest BCUT2D eigenvalue weighted by atomic mass is 10.2. The minimum atomic E-state index is -1.85. The summed E-state index contributed by atoms with van der Waals surface area (Å²) >= 11 is 0. The van der Waals surface area contributed by atoms with Crippen molar-refractivity contribution in [2.75, 3.05) is 0 Å². The first-order valence-corrected chi connectivity index (χ1v) is 7.72. The highest BCUT2D eigenvalue weighted by Crippen LogP contribution is 2.36. The van der Waals surface area contributed by atoms with E-state index in [0.717, 1.165) is 0 Å². The average Bonchev–Trinajstić information content (AvgIpc) is 1.97. The standard InChI is InChI=1S/C10H21NO2Si/c1-8(9(2)12)11-13-14(6,7)10(3,4)5/h1-7H3/b11-8-. The molecule has 0 amide bonds. The van der Waals surface area contributed by atoms with Crippen LogP contribution in [0, 0.1) is 0 Å². The van der Waals surface area contributed by atoms with Gasteiger partial charge < -0.3 is 4.53 Å². The fraction of sp³-hybridized carbons (Fsp3) is 0.800. The number of Topliss-reactive ketones (excluding diaryl/α,β-unsaturated/α-hetero) is 1. The normalized spacial score (nSPS) is 14.1. The van der Waals surface area contributed by atoms with E-state index < -0.39 is 8.32 Å². The number of carbonyl (C=O) groups is 1. The molecule has 0 aromatic rings. The zero-order valence-electron chi connectivity index (χ0n) is 10.3. The minimum Gasteiger partial charge on any atom is -0.455 e. The van der Waals surface area contributed by atoms with Crippen LogP contribution in [0.1, 0.15) is 34.6 Å². The van der Waals surface area contributed by atoms with Crippen LogP contribution in [0.15, 0.2) is 5.16 Å². The third kappa shape index (κ3) is 3.62. The molecule has 0 aliphatic carbocycles. The molecule has 0 aliphatic rings. The van der Waals surface area contributed by atoms with Crippen molar-refractivity contribution in [2.45, 2.75) is 52.8 Å². The second kappa shape index (κ2) is 4.25. The maximum absolute atomic E-state index is 10.9. The summed E-state index contributed by atoms with van der Waals surface area (Å²) in [5.74, 6) is -0.0382. The van der Waals surface area contributed by atoms with E-state index in [-0.39, 0.29) is 10.8 Å². The number of hydrogen-bond acceptors (Lipinski definition) is 3. The van der Waals surface area contributed by atoms with Crippen molar-refractivity contribution >= 4 is 19.8 Å². The lowest BCUT2D eigenvalue weighted by Crippen LogP contribution is -2.39. The fourth-order valence-electron chi connectivity index (χ4n) is 0.384. The molecule has 0 radical (unpaired) electrons. The largest absolute Gasteiger partial charge is 0.455 e. The van der Waals surface area contributed by atoms with E-state index in [1.165, 1.54) is 6.92 Å². The highest BCUT2D eigenvalue weighted by molar-refractivity contribution is 6.74. The third-order valence-electron chi connectivity index (χ3n) is 2.73. The maximum Gasteiger partial charge on any atom is 0.286 e. The summed E-state index contributed by atoms with van der Waals surface area (Å²) in [6.45, 7) is 13.8. The molecule has 0 spiro atoms. The fourth-order valence-corrected chi connectivity index (χ4v) is 1.02.